The smallest absolute Gasteiger partial charge is 0.303 e. The van der Waals surface area contributed by atoms with Crippen molar-refractivity contribution in [2.45, 2.75) is 51.9 Å². The molecule has 0 saturated carbocycles. The molecular weight excluding hydrogens is 188 g/mol. The molecule has 0 amide bonds. The Balaban J connectivity index is 3.16. The van der Waals surface area contributed by atoms with Gasteiger partial charge >= 0.3 is 5.97 Å². The first-order valence-corrected chi connectivity index (χ1v) is 5.79. The van der Waals surface area contributed by atoms with Crippen LogP contribution >= 0.6 is 0 Å². The van der Waals surface area contributed by atoms with Gasteiger partial charge in [0.2, 0.25) is 0 Å². The summed E-state index contributed by atoms with van der Waals surface area (Å²) in [7, 11) is 0. The lowest BCUT2D eigenvalue weighted by Crippen LogP contribution is -1.93. The van der Waals surface area contributed by atoms with Crippen LogP contribution in [0.25, 0.3) is 0 Å². The van der Waals surface area contributed by atoms with Crippen LogP contribution < -0.4 is 0 Å². The van der Waals surface area contributed by atoms with Crippen molar-refractivity contribution in [2.24, 2.45) is 0 Å². The molecule has 0 aromatic carbocycles. The molecule has 0 rings (SSSR count). The fourth-order valence-corrected chi connectivity index (χ4v) is 1.27. The van der Waals surface area contributed by atoms with Gasteiger partial charge in [0, 0.05) is 6.42 Å². The largest absolute Gasteiger partial charge is 0.481 e. The van der Waals surface area contributed by atoms with Gasteiger partial charge in [-0.3, -0.25) is 4.79 Å². The predicted molar refractivity (Wildman–Crippen MR) is 63.9 cm³/mol. The van der Waals surface area contributed by atoms with Gasteiger partial charge in [0.05, 0.1) is 0 Å². The van der Waals surface area contributed by atoms with E-state index in [4.69, 9.17) is 5.11 Å². The van der Waals surface area contributed by atoms with Crippen molar-refractivity contribution < 1.29 is 9.90 Å². The first kappa shape index (κ1) is 13.9. The van der Waals surface area contributed by atoms with Crippen LogP contribution in [0.5, 0.6) is 0 Å². The van der Waals surface area contributed by atoms with Crippen LogP contribution in [0.15, 0.2) is 24.3 Å². The molecule has 0 aromatic heterocycles. The summed E-state index contributed by atoms with van der Waals surface area (Å²) in [5.74, 6) is -0.685. The van der Waals surface area contributed by atoms with Crippen LogP contribution in [-0.2, 0) is 4.79 Å². The highest BCUT2D eigenvalue weighted by molar-refractivity contribution is 5.66. The van der Waals surface area contributed by atoms with Crippen molar-refractivity contribution in [3.05, 3.63) is 24.3 Å². The maximum absolute atomic E-state index is 10.2. The van der Waals surface area contributed by atoms with Gasteiger partial charge in [-0.1, -0.05) is 37.6 Å². The van der Waals surface area contributed by atoms with Crippen LogP contribution in [0.3, 0.4) is 0 Å². The van der Waals surface area contributed by atoms with Crippen molar-refractivity contribution in [3.8, 4) is 0 Å². The van der Waals surface area contributed by atoms with E-state index in [0.717, 1.165) is 38.5 Å². The Kier molecular flexibility index (Phi) is 10.3. The Labute approximate surface area is 92.7 Å². The Bertz CT molecular complexity index is 205. The molecule has 2 heteroatoms. The molecule has 1 N–H and O–H groups in total. The number of carboxylic acids is 1. The maximum Gasteiger partial charge on any atom is 0.303 e. The van der Waals surface area contributed by atoms with Gasteiger partial charge in [-0.2, -0.15) is 0 Å². The molecule has 15 heavy (non-hydrogen) atoms. The molecule has 0 fully saturated rings. The van der Waals surface area contributed by atoms with Gasteiger partial charge in [0.1, 0.15) is 0 Å². The SMILES string of the molecule is CC/C=C/C/C=C/CCCCCC(=O)O. The minimum absolute atomic E-state index is 0.308. The molecule has 86 valence electrons. The Morgan fingerprint density at radius 3 is 2.47 bits per heavy atom. The third-order valence-corrected chi connectivity index (χ3v) is 2.10. The molecule has 0 aliphatic heterocycles. The van der Waals surface area contributed by atoms with Gasteiger partial charge in [-0.15, -0.1) is 0 Å². The van der Waals surface area contributed by atoms with E-state index in [-0.39, 0.29) is 0 Å². The van der Waals surface area contributed by atoms with E-state index < -0.39 is 5.97 Å². The summed E-state index contributed by atoms with van der Waals surface area (Å²) in [5, 5.41) is 8.42. The lowest BCUT2D eigenvalue weighted by atomic mass is 10.1. The summed E-state index contributed by atoms with van der Waals surface area (Å²) in [6, 6.07) is 0. The van der Waals surface area contributed by atoms with E-state index in [2.05, 4.69) is 31.2 Å². The van der Waals surface area contributed by atoms with Gasteiger partial charge < -0.3 is 5.11 Å². The van der Waals surface area contributed by atoms with Crippen molar-refractivity contribution >= 4 is 5.97 Å². The highest BCUT2D eigenvalue weighted by atomic mass is 16.4. The Morgan fingerprint density at radius 1 is 1.07 bits per heavy atom. The average molecular weight is 210 g/mol. The number of rotatable bonds is 9. The summed E-state index contributed by atoms with van der Waals surface area (Å²) in [6.45, 7) is 2.13. The maximum atomic E-state index is 10.2. The minimum atomic E-state index is -0.685. The summed E-state index contributed by atoms with van der Waals surface area (Å²) in [5.41, 5.74) is 0. The van der Waals surface area contributed by atoms with E-state index >= 15 is 0 Å². The van der Waals surface area contributed by atoms with Crippen LogP contribution in [0.2, 0.25) is 0 Å². The van der Waals surface area contributed by atoms with Crippen LogP contribution in [-0.4, -0.2) is 11.1 Å². The molecule has 0 heterocycles. The lowest BCUT2D eigenvalue weighted by Gasteiger charge is -1.94. The second-order valence-corrected chi connectivity index (χ2v) is 3.58. The number of hydrogen-bond donors (Lipinski definition) is 1. The van der Waals surface area contributed by atoms with Gasteiger partial charge in [-0.05, 0) is 32.1 Å². The first-order valence-electron chi connectivity index (χ1n) is 5.79. The highest BCUT2D eigenvalue weighted by Crippen LogP contribution is 2.04. The Hall–Kier alpha value is -1.05. The molecule has 0 radical (unpaired) electrons. The second-order valence-electron chi connectivity index (χ2n) is 3.58. The first-order chi connectivity index (χ1) is 7.27. The Morgan fingerprint density at radius 2 is 1.80 bits per heavy atom. The van der Waals surface area contributed by atoms with E-state index in [1.807, 2.05) is 0 Å². The van der Waals surface area contributed by atoms with Crippen LogP contribution in [0, 0.1) is 0 Å². The normalized spacial score (nSPS) is 11.5. The number of aliphatic carboxylic acids is 1. The van der Waals surface area contributed by atoms with Crippen molar-refractivity contribution in [2.75, 3.05) is 0 Å². The summed E-state index contributed by atoms with van der Waals surface area (Å²) < 4.78 is 0. The fraction of sp³-hybridized carbons (Fsp3) is 0.615. The molecule has 0 aliphatic rings. The number of allylic oxidation sites excluding steroid dienone is 4. The molecule has 0 spiro atoms. The minimum Gasteiger partial charge on any atom is -0.481 e. The number of carboxylic acid groups (broad SMARTS) is 1. The topological polar surface area (TPSA) is 37.3 Å². The van der Waals surface area contributed by atoms with Gasteiger partial charge in [-0.25, -0.2) is 0 Å². The van der Waals surface area contributed by atoms with Crippen molar-refractivity contribution in [1.29, 1.82) is 0 Å². The molecule has 0 unspecified atom stereocenters. The van der Waals surface area contributed by atoms with E-state index in [1.165, 1.54) is 0 Å². The molecule has 0 saturated heterocycles. The lowest BCUT2D eigenvalue weighted by molar-refractivity contribution is -0.137. The molecule has 2 nitrogen and oxygen atoms in total. The number of unbranched alkanes of at least 4 members (excludes halogenated alkanes) is 3. The zero-order valence-electron chi connectivity index (χ0n) is 9.61. The summed E-state index contributed by atoms with van der Waals surface area (Å²) in [6.07, 6.45) is 15.1. The van der Waals surface area contributed by atoms with Gasteiger partial charge in [0.15, 0.2) is 0 Å². The summed E-state index contributed by atoms with van der Waals surface area (Å²) >= 11 is 0. The third kappa shape index (κ3) is 12.9. The fourth-order valence-electron chi connectivity index (χ4n) is 1.27. The molecule has 0 bridgehead atoms. The second kappa shape index (κ2) is 11.0. The molecule has 0 atom stereocenters. The zero-order valence-corrected chi connectivity index (χ0v) is 9.61. The summed E-state index contributed by atoms with van der Waals surface area (Å²) in [4.78, 5) is 10.2. The third-order valence-electron chi connectivity index (χ3n) is 2.10. The van der Waals surface area contributed by atoms with Crippen LogP contribution in [0.4, 0.5) is 0 Å². The molecule has 0 aromatic rings. The number of carbonyl (C=O) groups is 1. The predicted octanol–water partition coefficient (Wildman–Crippen LogP) is 3.93. The van der Waals surface area contributed by atoms with E-state index in [0.29, 0.717) is 6.42 Å². The zero-order chi connectivity index (χ0) is 11.4. The quantitative estimate of drug-likeness (QED) is 0.462. The number of hydrogen-bond acceptors (Lipinski definition) is 1. The van der Waals surface area contributed by atoms with E-state index in [9.17, 15) is 4.79 Å². The standard InChI is InChI=1S/C13H22O2/c1-2-3-4-5-6-7-8-9-10-11-12-13(14)15/h3-4,6-7H,2,5,8-12H2,1H3,(H,14,15)/b4-3+,7-6+. The van der Waals surface area contributed by atoms with Crippen LogP contribution in [0.1, 0.15) is 51.9 Å². The van der Waals surface area contributed by atoms with Gasteiger partial charge in [0.25, 0.3) is 0 Å². The van der Waals surface area contributed by atoms with Crippen molar-refractivity contribution in [3.63, 3.8) is 0 Å². The van der Waals surface area contributed by atoms with E-state index in [1.54, 1.807) is 0 Å². The molecule has 0 aliphatic carbocycles. The van der Waals surface area contributed by atoms with Crippen molar-refractivity contribution in [1.82, 2.24) is 0 Å². The molecular formula is C13H22O2. The highest BCUT2D eigenvalue weighted by Gasteiger charge is 1.94. The average Bonchev–Trinajstić information content (AvgIpc) is 2.20. The monoisotopic (exact) mass is 210 g/mol.